The molecule has 2 heteroatoms. The van der Waals surface area contributed by atoms with E-state index in [4.69, 9.17) is 5.26 Å². The maximum absolute atomic E-state index is 9.12. The van der Waals surface area contributed by atoms with Gasteiger partial charge in [-0.25, -0.2) is 0 Å². The standard InChI is InChI=1S/C16H22N2/c1-12-6-5-7-13(2)15(12)18-9-8-14(11-17)10-16(18,3)4/h5-7,14H,8-10H2,1-4H3. The Labute approximate surface area is 110 Å². The number of nitriles is 1. The molecule has 0 amide bonds. The summed E-state index contributed by atoms with van der Waals surface area (Å²) in [5.41, 5.74) is 4.09. The van der Waals surface area contributed by atoms with Crippen molar-refractivity contribution in [2.45, 2.75) is 46.1 Å². The van der Waals surface area contributed by atoms with Gasteiger partial charge >= 0.3 is 0 Å². The van der Waals surface area contributed by atoms with Crippen molar-refractivity contribution in [3.05, 3.63) is 29.3 Å². The van der Waals surface area contributed by atoms with E-state index in [0.29, 0.717) is 0 Å². The van der Waals surface area contributed by atoms with Crippen molar-refractivity contribution in [2.24, 2.45) is 5.92 Å². The Morgan fingerprint density at radius 2 is 1.89 bits per heavy atom. The molecule has 1 fully saturated rings. The van der Waals surface area contributed by atoms with E-state index in [1.165, 1.54) is 16.8 Å². The van der Waals surface area contributed by atoms with Crippen LogP contribution in [-0.2, 0) is 0 Å². The van der Waals surface area contributed by atoms with Gasteiger partial charge in [-0.05, 0) is 51.7 Å². The fraction of sp³-hybridized carbons (Fsp3) is 0.562. The van der Waals surface area contributed by atoms with Gasteiger partial charge in [0.1, 0.15) is 0 Å². The molecule has 2 rings (SSSR count). The molecule has 1 heterocycles. The molecule has 0 bridgehead atoms. The summed E-state index contributed by atoms with van der Waals surface area (Å²) in [5.74, 6) is 0.209. The van der Waals surface area contributed by atoms with Crippen LogP contribution in [0, 0.1) is 31.1 Å². The molecule has 18 heavy (non-hydrogen) atoms. The van der Waals surface area contributed by atoms with E-state index in [-0.39, 0.29) is 11.5 Å². The Morgan fingerprint density at radius 3 is 2.39 bits per heavy atom. The molecule has 0 spiro atoms. The summed E-state index contributed by atoms with van der Waals surface area (Å²) >= 11 is 0. The van der Waals surface area contributed by atoms with Crippen molar-refractivity contribution in [1.29, 1.82) is 5.26 Å². The van der Waals surface area contributed by atoms with Gasteiger partial charge < -0.3 is 4.90 Å². The third-order valence-electron chi connectivity index (χ3n) is 4.07. The number of para-hydroxylation sites is 1. The Kier molecular flexibility index (Phi) is 3.34. The number of anilines is 1. The SMILES string of the molecule is Cc1cccc(C)c1N1CCC(C#N)CC1(C)C. The summed E-state index contributed by atoms with van der Waals surface area (Å²) in [7, 11) is 0. The van der Waals surface area contributed by atoms with Gasteiger partial charge in [0.2, 0.25) is 0 Å². The Bertz CT molecular complexity index is 462. The Morgan fingerprint density at radius 1 is 1.28 bits per heavy atom. The fourth-order valence-corrected chi connectivity index (χ4v) is 3.16. The summed E-state index contributed by atoms with van der Waals surface area (Å²) in [6.45, 7) is 9.84. The maximum atomic E-state index is 9.12. The first-order valence-electron chi connectivity index (χ1n) is 6.69. The quantitative estimate of drug-likeness (QED) is 0.748. The summed E-state index contributed by atoms with van der Waals surface area (Å²) in [5, 5.41) is 9.12. The van der Waals surface area contributed by atoms with Gasteiger partial charge in [0, 0.05) is 17.8 Å². The highest BCUT2D eigenvalue weighted by molar-refractivity contribution is 5.60. The van der Waals surface area contributed by atoms with Gasteiger partial charge in [-0.3, -0.25) is 0 Å². The molecule has 1 aliphatic heterocycles. The van der Waals surface area contributed by atoms with Gasteiger partial charge in [-0.15, -0.1) is 0 Å². The minimum Gasteiger partial charge on any atom is -0.366 e. The molecule has 2 nitrogen and oxygen atoms in total. The second-order valence-corrected chi connectivity index (χ2v) is 6.02. The van der Waals surface area contributed by atoms with Crippen molar-refractivity contribution in [1.82, 2.24) is 0 Å². The molecule has 0 radical (unpaired) electrons. The van der Waals surface area contributed by atoms with Gasteiger partial charge in [0.05, 0.1) is 12.0 Å². The molecular weight excluding hydrogens is 220 g/mol. The highest BCUT2D eigenvalue weighted by atomic mass is 15.2. The van der Waals surface area contributed by atoms with E-state index in [0.717, 1.165) is 19.4 Å². The number of hydrogen-bond acceptors (Lipinski definition) is 2. The molecule has 0 aromatic heterocycles. The average molecular weight is 242 g/mol. The minimum atomic E-state index is 0.0650. The van der Waals surface area contributed by atoms with Crippen molar-refractivity contribution in [3.63, 3.8) is 0 Å². The van der Waals surface area contributed by atoms with Crippen LogP contribution in [0.2, 0.25) is 0 Å². The van der Waals surface area contributed by atoms with Crippen LogP contribution in [0.15, 0.2) is 18.2 Å². The predicted molar refractivity (Wildman–Crippen MR) is 75.7 cm³/mol. The van der Waals surface area contributed by atoms with Crippen LogP contribution in [0.4, 0.5) is 5.69 Å². The fourth-order valence-electron chi connectivity index (χ4n) is 3.16. The number of benzene rings is 1. The van der Waals surface area contributed by atoms with Crippen LogP contribution < -0.4 is 4.90 Å². The van der Waals surface area contributed by atoms with E-state index in [2.05, 4.69) is 56.9 Å². The van der Waals surface area contributed by atoms with E-state index in [1.807, 2.05) is 0 Å². The first-order chi connectivity index (χ1) is 8.45. The zero-order valence-electron chi connectivity index (χ0n) is 11.8. The lowest BCUT2D eigenvalue weighted by Crippen LogP contribution is -2.50. The van der Waals surface area contributed by atoms with Crippen LogP contribution in [0.3, 0.4) is 0 Å². The molecule has 1 saturated heterocycles. The molecule has 1 aliphatic rings. The second kappa shape index (κ2) is 4.65. The van der Waals surface area contributed by atoms with E-state index < -0.39 is 0 Å². The molecule has 0 N–H and O–H groups in total. The van der Waals surface area contributed by atoms with Crippen molar-refractivity contribution < 1.29 is 0 Å². The zero-order chi connectivity index (χ0) is 13.3. The van der Waals surface area contributed by atoms with Crippen LogP contribution in [-0.4, -0.2) is 12.1 Å². The zero-order valence-corrected chi connectivity index (χ0v) is 11.8. The summed E-state index contributed by atoms with van der Waals surface area (Å²) in [6, 6.07) is 8.90. The van der Waals surface area contributed by atoms with E-state index in [9.17, 15) is 0 Å². The molecule has 96 valence electrons. The van der Waals surface area contributed by atoms with Crippen molar-refractivity contribution in [2.75, 3.05) is 11.4 Å². The summed E-state index contributed by atoms with van der Waals surface area (Å²) in [4.78, 5) is 2.49. The van der Waals surface area contributed by atoms with Crippen LogP contribution in [0.25, 0.3) is 0 Å². The number of nitrogens with zero attached hydrogens (tertiary/aromatic N) is 2. The smallest absolute Gasteiger partial charge is 0.0657 e. The normalized spacial score (nSPS) is 22.6. The highest BCUT2D eigenvalue weighted by Crippen LogP contribution is 2.38. The lowest BCUT2D eigenvalue weighted by Gasteiger charge is -2.47. The monoisotopic (exact) mass is 242 g/mol. The minimum absolute atomic E-state index is 0.0650. The molecular formula is C16H22N2. The van der Waals surface area contributed by atoms with E-state index >= 15 is 0 Å². The third kappa shape index (κ3) is 2.22. The molecule has 1 aromatic carbocycles. The van der Waals surface area contributed by atoms with Crippen LogP contribution in [0.1, 0.15) is 37.8 Å². The molecule has 0 saturated carbocycles. The molecule has 1 atom stereocenters. The topological polar surface area (TPSA) is 27.0 Å². The van der Waals surface area contributed by atoms with Crippen LogP contribution in [0.5, 0.6) is 0 Å². The summed E-state index contributed by atoms with van der Waals surface area (Å²) in [6.07, 6.45) is 1.94. The highest BCUT2D eigenvalue weighted by Gasteiger charge is 2.35. The summed E-state index contributed by atoms with van der Waals surface area (Å²) < 4.78 is 0. The largest absolute Gasteiger partial charge is 0.366 e. The van der Waals surface area contributed by atoms with Crippen molar-refractivity contribution in [3.8, 4) is 6.07 Å². The van der Waals surface area contributed by atoms with Gasteiger partial charge in [0.15, 0.2) is 0 Å². The third-order valence-corrected chi connectivity index (χ3v) is 4.07. The first-order valence-corrected chi connectivity index (χ1v) is 6.69. The molecule has 0 aliphatic carbocycles. The van der Waals surface area contributed by atoms with Gasteiger partial charge in [-0.2, -0.15) is 5.26 Å². The van der Waals surface area contributed by atoms with E-state index in [1.54, 1.807) is 0 Å². The first kappa shape index (κ1) is 13.0. The maximum Gasteiger partial charge on any atom is 0.0657 e. The number of hydrogen-bond donors (Lipinski definition) is 0. The Hall–Kier alpha value is -1.49. The number of piperidine rings is 1. The lowest BCUT2D eigenvalue weighted by molar-refractivity contribution is 0.315. The van der Waals surface area contributed by atoms with Crippen molar-refractivity contribution >= 4 is 5.69 Å². The van der Waals surface area contributed by atoms with Crippen LogP contribution >= 0.6 is 0 Å². The van der Waals surface area contributed by atoms with Gasteiger partial charge in [0.25, 0.3) is 0 Å². The van der Waals surface area contributed by atoms with Gasteiger partial charge in [-0.1, -0.05) is 18.2 Å². The molecule has 1 unspecified atom stereocenters. The lowest BCUT2D eigenvalue weighted by atomic mass is 9.82. The predicted octanol–water partition coefficient (Wildman–Crippen LogP) is 3.82. The number of rotatable bonds is 1. The number of aryl methyl sites for hydroxylation is 2. The molecule has 1 aromatic rings. The average Bonchev–Trinajstić information content (AvgIpc) is 2.30. The second-order valence-electron chi connectivity index (χ2n) is 6.02. The Balaban J connectivity index is 2.37.